The zero-order valence-corrected chi connectivity index (χ0v) is 24.7. The van der Waals surface area contributed by atoms with Crippen LogP contribution in [0.15, 0.2) is 65.8 Å². The standard InChI is InChI=1S/C33H44ClN3O2/c1-5-6-21-33(32(38)39-4)30(37(24-35-33)22-20-25-10-8-7-9-11-25)23-26-12-14-27(15-13-26)31(36(2)3)28-16-18-29(34)19-17-28/h7-11,16-20,22,24,26-27,30-31H,5-6,12-15,21,23H2,1-4H3. The summed E-state index contributed by atoms with van der Waals surface area (Å²) in [6.45, 7) is 2.16. The number of carbonyl (C=O) groups excluding carboxylic acids is 1. The summed E-state index contributed by atoms with van der Waals surface area (Å²) in [4.78, 5) is 22.7. The second-order valence-electron chi connectivity index (χ2n) is 11.4. The lowest BCUT2D eigenvalue weighted by atomic mass is 9.72. The molecule has 1 fully saturated rings. The maximum absolute atomic E-state index is 13.3. The summed E-state index contributed by atoms with van der Waals surface area (Å²) < 4.78 is 5.38. The number of benzene rings is 2. The van der Waals surface area contributed by atoms with Gasteiger partial charge < -0.3 is 14.5 Å². The van der Waals surface area contributed by atoms with Crippen LogP contribution in [0.3, 0.4) is 0 Å². The molecule has 1 aliphatic carbocycles. The number of aliphatic imine (C=N–C) groups is 1. The van der Waals surface area contributed by atoms with E-state index in [-0.39, 0.29) is 12.0 Å². The summed E-state index contributed by atoms with van der Waals surface area (Å²) in [6, 6.07) is 19.0. The Kier molecular flexibility index (Phi) is 10.3. The smallest absolute Gasteiger partial charge is 0.335 e. The van der Waals surface area contributed by atoms with Crippen LogP contribution in [0.1, 0.15) is 75.5 Å². The highest BCUT2D eigenvalue weighted by Crippen LogP contribution is 2.44. The van der Waals surface area contributed by atoms with E-state index in [0.29, 0.717) is 24.3 Å². The van der Waals surface area contributed by atoms with Crippen LogP contribution in [0.25, 0.3) is 6.08 Å². The Bertz CT molecular complexity index is 1110. The fraction of sp³-hybridized carbons (Fsp3) is 0.515. The van der Waals surface area contributed by atoms with E-state index < -0.39 is 5.54 Å². The van der Waals surface area contributed by atoms with Crippen molar-refractivity contribution in [1.82, 2.24) is 9.80 Å². The normalized spacial score (nSPS) is 25.9. The van der Waals surface area contributed by atoms with Gasteiger partial charge in [0.25, 0.3) is 0 Å². The van der Waals surface area contributed by atoms with E-state index in [4.69, 9.17) is 21.3 Å². The Balaban J connectivity index is 1.51. The Morgan fingerprint density at radius 3 is 2.44 bits per heavy atom. The molecule has 2 aliphatic rings. The second kappa shape index (κ2) is 13.6. The van der Waals surface area contributed by atoms with Gasteiger partial charge >= 0.3 is 5.97 Å². The largest absolute Gasteiger partial charge is 0.467 e. The third-order valence-electron chi connectivity index (χ3n) is 8.68. The van der Waals surface area contributed by atoms with Crippen molar-refractivity contribution >= 4 is 30.0 Å². The Morgan fingerprint density at radius 1 is 1.13 bits per heavy atom. The van der Waals surface area contributed by atoms with Gasteiger partial charge in [0.05, 0.1) is 19.5 Å². The van der Waals surface area contributed by atoms with Gasteiger partial charge in [0, 0.05) is 17.3 Å². The van der Waals surface area contributed by atoms with Gasteiger partial charge in [-0.25, -0.2) is 4.79 Å². The maximum atomic E-state index is 13.3. The van der Waals surface area contributed by atoms with E-state index in [1.165, 1.54) is 25.5 Å². The first-order valence-corrected chi connectivity index (χ1v) is 14.8. The van der Waals surface area contributed by atoms with E-state index in [0.717, 1.165) is 42.7 Å². The van der Waals surface area contributed by atoms with Gasteiger partial charge in [-0.1, -0.05) is 86.7 Å². The summed E-state index contributed by atoms with van der Waals surface area (Å²) in [6.07, 6.45) is 14.3. The maximum Gasteiger partial charge on any atom is 0.335 e. The molecule has 1 heterocycles. The molecule has 4 rings (SSSR count). The van der Waals surface area contributed by atoms with Crippen LogP contribution < -0.4 is 0 Å². The van der Waals surface area contributed by atoms with Gasteiger partial charge in [-0.15, -0.1) is 0 Å². The molecule has 0 amide bonds. The SMILES string of the molecule is CCCCC1(C(=O)OC)N=CN(C=Cc2ccccc2)C1CC1CCC(C(c2ccc(Cl)cc2)N(C)C)CC1. The first-order valence-electron chi connectivity index (χ1n) is 14.4. The topological polar surface area (TPSA) is 45.1 Å². The second-order valence-corrected chi connectivity index (χ2v) is 11.9. The number of methoxy groups -OCH3 is 1. The highest BCUT2D eigenvalue weighted by molar-refractivity contribution is 6.30. The molecule has 210 valence electrons. The molecule has 3 unspecified atom stereocenters. The average molecular weight is 550 g/mol. The monoisotopic (exact) mass is 549 g/mol. The van der Waals surface area contributed by atoms with Crippen molar-refractivity contribution in [2.75, 3.05) is 21.2 Å². The molecule has 0 spiro atoms. The highest BCUT2D eigenvalue weighted by atomic mass is 35.5. The minimum absolute atomic E-state index is 0.0427. The third-order valence-corrected chi connectivity index (χ3v) is 8.94. The first-order chi connectivity index (χ1) is 18.9. The molecule has 6 heteroatoms. The van der Waals surface area contributed by atoms with Crippen LogP contribution in [0.5, 0.6) is 0 Å². The summed E-state index contributed by atoms with van der Waals surface area (Å²) in [7, 11) is 5.85. The van der Waals surface area contributed by atoms with Crippen molar-refractivity contribution < 1.29 is 9.53 Å². The molecule has 1 aliphatic heterocycles. The fourth-order valence-electron chi connectivity index (χ4n) is 6.63. The zero-order chi connectivity index (χ0) is 27.8. The van der Waals surface area contributed by atoms with Crippen molar-refractivity contribution in [3.8, 4) is 0 Å². The van der Waals surface area contributed by atoms with Crippen LogP contribution in [0.4, 0.5) is 0 Å². The molecule has 0 saturated heterocycles. The molecule has 5 nitrogen and oxygen atoms in total. The quantitative estimate of drug-likeness (QED) is 0.270. The summed E-state index contributed by atoms with van der Waals surface area (Å²) in [5, 5.41) is 0.779. The molecule has 0 bridgehead atoms. The van der Waals surface area contributed by atoms with Crippen molar-refractivity contribution in [2.24, 2.45) is 16.8 Å². The molecular formula is C33H44ClN3O2. The Morgan fingerprint density at radius 2 is 1.82 bits per heavy atom. The molecule has 3 atom stereocenters. The number of hydrogen-bond acceptors (Lipinski definition) is 5. The number of hydrogen-bond donors (Lipinski definition) is 0. The Labute approximate surface area is 239 Å². The predicted molar refractivity (Wildman–Crippen MR) is 162 cm³/mol. The lowest BCUT2D eigenvalue weighted by molar-refractivity contribution is -0.149. The summed E-state index contributed by atoms with van der Waals surface area (Å²) in [5.74, 6) is 0.924. The Hall–Kier alpha value is -2.63. The zero-order valence-electron chi connectivity index (χ0n) is 23.9. The van der Waals surface area contributed by atoms with E-state index in [1.807, 2.05) is 36.7 Å². The summed E-state index contributed by atoms with van der Waals surface area (Å²) >= 11 is 6.17. The molecule has 1 saturated carbocycles. The van der Waals surface area contributed by atoms with Crippen molar-refractivity contribution in [3.05, 3.63) is 76.9 Å². The fourth-order valence-corrected chi connectivity index (χ4v) is 6.76. The van der Waals surface area contributed by atoms with E-state index >= 15 is 0 Å². The molecule has 2 aromatic rings. The minimum atomic E-state index is -0.849. The summed E-state index contributed by atoms with van der Waals surface area (Å²) in [5.41, 5.74) is 1.61. The lowest BCUT2D eigenvalue weighted by Crippen LogP contribution is -2.51. The highest BCUT2D eigenvalue weighted by Gasteiger charge is 2.52. The number of ether oxygens (including phenoxy) is 1. The van der Waals surface area contributed by atoms with Crippen molar-refractivity contribution in [2.45, 2.75) is 75.9 Å². The average Bonchev–Trinajstić information content (AvgIpc) is 3.30. The van der Waals surface area contributed by atoms with E-state index in [2.05, 4.69) is 67.4 Å². The van der Waals surface area contributed by atoms with E-state index in [1.54, 1.807) is 0 Å². The van der Waals surface area contributed by atoms with Gasteiger partial charge in [0.1, 0.15) is 0 Å². The van der Waals surface area contributed by atoms with Crippen LogP contribution in [0, 0.1) is 11.8 Å². The number of nitrogens with zero attached hydrogens (tertiary/aromatic N) is 3. The van der Waals surface area contributed by atoms with Crippen LogP contribution in [-0.4, -0.2) is 54.9 Å². The number of unbranched alkanes of at least 4 members (excludes halogenated alkanes) is 1. The van der Waals surface area contributed by atoms with Gasteiger partial charge in [0.15, 0.2) is 5.54 Å². The van der Waals surface area contributed by atoms with Crippen molar-refractivity contribution in [1.29, 1.82) is 0 Å². The van der Waals surface area contributed by atoms with Gasteiger partial charge in [0.2, 0.25) is 0 Å². The van der Waals surface area contributed by atoms with Gasteiger partial charge in [-0.05, 0) is 81.0 Å². The molecule has 39 heavy (non-hydrogen) atoms. The molecule has 0 N–H and O–H groups in total. The number of carbonyl (C=O) groups is 1. The molecular weight excluding hydrogens is 506 g/mol. The molecule has 2 aromatic carbocycles. The minimum Gasteiger partial charge on any atom is -0.467 e. The number of halogens is 1. The van der Waals surface area contributed by atoms with Crippen LogP contribution >= 0.6 is 11.6 Å². The van der Waals surface area contributed by atoms with E-state index in [9.17, 15) is 4.79 Å². The number of rotatable bonds is 11. The van der Waals surface area contributed by atoms with Crippen molar-refractivity contribution in [3.63, 3.8) is 0 Å². The van der Waals surface area contributed by atoms with Gasteiger partial charge in [-0.2, -0.15) is 0 Å². The van der Waals surface area contributed by atoms with Gasteiger partial charge in [-0.3, -0.25) is 4.99 Å². The molecule has 0 radical (unpaired) electrons. The van der Waals surface area contributed by atoms with Crippen LogP contribution in [0.2, 0.25) is 5.02 Å². The van der Waals surface area contributed by atoms with Crippen LogP contribution in [-0.2, 0) is 9.53 Å². The molecule has 0 aromatic heterocycles. The lowest BCUT2D eigenvalue weighted by Gasteiger charge is -2.40. The third kappa shape index (κ3) is 6.93. The number of esters is 1. The first kappa shape index (κ1) is 29.4. The predicted octanol–water partition coefficient (Wildman–Crippen LogP) is 7.62.